The summed E-state index contributed by atoms with van der Waals surface area (Å²) < 4.78 is 2.02. The maximum atomic E-state index is 11.5. The van der Waals surface area contributed by atoms with E-state index in [9.17, 15) is 5.11 Å². The molecule has 1 atom stereocenters. The van der Waals surface area contributed by atoms with Gasteiger partial charge in [0.05, 0.1) is 12.7 Å². The van der Waals surface area contributed by atoms with E-state index < -0.39 is 5.72 Å². The highest BCUT2D eigenvalue weighted by Gasteiger charge is 2.51. The fourth-order valence-electron chi connectivity index (χ4n) is 3.71. The maximum absolute atomic E-state index is 11.5. The predicted molar refractivity (Wildman–Crippen MR) is 105 cm³/mol. The minimum absolute atomic E-state index is 0. The van der Waals surface area contributed by atoms with E-state index in [-0.39, 0.29) is 17.0 Å². The lowest BCUT2D eigenvalue weighted by atomic mass is 10.0. The fraction of sp³-hybridized carbons (Fsp3) is 0.524. The molecule has 0 radical (unpaired) electrons. The van der Waals surface area contributed by atoms with Gasteiger partial charge in [0, 0.05) is 16.7 Å². The molecule has 1 aromatic heterocycles. The molecule has 1 aromatic carbocycles. The number of rotatable bonds is 9. The molecule has 6 heteroatoms. The normalized spacial score (nSPS) is 18.3. The van der Waals surface area contributed by atoms with Crippen molar-refractivity contribution in [2.24, 2.45) is 0 Å². The number of nitrogens with zero attached hydrogens (tertiary/aromatic N) is 3. The molecule has 3 rings (SSSR count). The van der Waals surface area contributed by atoms with Crippen LogP contribution in [0.2, 0.25) is 5.02 Å². The predicted octanol–water partition coefficient (Wildman–Crippen LogP) is 1.44. The first kappa shape index (κ1) is 22.1. The van der Waals surface area contributed by atoms with Crippen LogP contribution in [0.3, 0.4) is 0 Å². The van der Waals surface area contributed by atoms with Crippen molar-refractivity contribution in [2.75, 3.05) is 11.4 Å². The fourth-order valence-corrected chi connectivity index (χ4v) is 3.83. The number of aromatic nitrogens is 2. The molecule has 0 unspecified atom stereocenters. The second kappa shape index (κ2) is 10.4. The highest BCUT2D eigenvalue weighted by atomic mass is 79.9. The molecule has 148 valence electrons. The van der Waals surface area contributed by atoms with Crippen LogP contribution in [0, 0.1) is 0 Å². The van der Waals surface area contributed by atoms with Gasteiger partial charge in [-0.25, -0.2) is 9.47 Å². The summed E-state index contributed by atoms with van der Waals surface area (Å²) in [4.78, 5) is 6.57. The van der Waals surface area contributed by atoms with Crippen molar-refractivity contribution < 1.29 is 26.7 Å². The van der Waals surface area contributed by atoms with Crippen molar-refractivity contribution in [2.45, 2.75) is 64.1 Å². The van der Waals surface area contributed by atoms with Crippen molar-refractivity contribution >= 4 is 17.5 Å². The summed E-state index contributed by atoms with van der Waals surface area (Å²) in [6.45, 7) is 3.52. The van der Waals surface area contributed by atoms with Crippen molar-refractivity contribution in [3.8, 4) is 0 Å². The van der Waals surface area contributed by atoms with E-state index in [1.807, 2.05) is 46.0 Å². The third-order valence-corrected chi connectivity index (χ3v) is 5.42. The van der Waals surface area contributed by atoms with E-state index in [0.717, 1.165) is 24.5 Å². The van der Waals surface area contributed by atoms with E-state index in [0.29, 0.717) is 11.6 Å². The number of benzene rings is 1. The average Bonchev–Trinajstić information content (AvgIpc) is 2.94. The van der Waals surface area contributed by atoms with Gasteiger partial charge in [0.1, 0.15) is 12.7 Å². The number of hydrogen-bond acceptors (Lipinski definition) is 3. The molecule has 1 aliphatic heterocycles. The molecule has 0 bridgehead atoms. The molecule has 0 saturated carbocycles. The summed E-state index contributed by atoms with van der Waals surface area (Å²) >= 11 is 6.03. The van der Waals surface area contributed by atoms with Gasteiger partial charge in [-0.15, -0.1) is 0 Å². The smallest absolute Gasteiger partial charge is 0.396 e. The second-order valence-electron chi connectivity index (χ2n) is 7.14. The number of hydrogen-bond donors (Lipinski definition) is 1. The van der Waals surface area contributed by atoms with Crippen LogP contribution in [0.1, 0.15) is 57.4 Å². The number of aliphatic hydroxyl groups is 1. The standard InChI is InChI=1S/C21H29ClN3O.BrH/c1-2-3-4-5-6-7-8-16-25-20-23-14-9-15-24(20)17-21(25,26)18-10-12-19(22)13-11-18;/h9-15,26H,2-8,16-17H2,1H3;1H/q+1;/p-1/t21-;/m1./s1. The van der Waals surface area contributed by atoms with E-state index in [1.54, 1.807) is 6.20 Å². The molecule has 1 N–H and O–H groups in total. The van der Waals surface area contributed by atoms with Crippen molar-refractivity contribution in [1.82, 2.24) is 4.98 Å². The summed E-state index contributed by atoms with van der Waals surface area (Å²) in [6, 6.07) is 9.39. The first-order valence-corrected chi connectivity index (χ1v) is 10.1. The Bertz CT molecular complexity index is 713. The Kier molecular flexibility index (Phi) is 8.52. The second-order valence-corrected chi connectivity index (χ2v) is 7.58. The van der Waals surface area contributed by atoms with Crippen molar-refractivity contribution in [1.29, 1.82) is 0 Å². The van der Waals surface area contributed by atoms with Gasteiger partial charge < -0.3 is 22.1 Å². The van der Waals surface area contributed by atoms with Crippen LogP contribution < -0.4 is 26.4 Å². The quantitative estimate of drug-likeness (QED) is 0.460. The molecule has 2 aromatic rings. The maximum Gasteiger partial charge on any atom is 0.396 e. The van der Waals surface area contributed by atoms with E-state index in [2.05, 4.69) is 11.9 Å². The monoisotopic (exact) mass is 453 g/mol. The molecule has 0 spiro atoms. The zero-order valence-corrected chi connectivity index (χ0v) is 18.3. The first-order valence-electron chi connectivity index (χ1n) is 9.75. The van der Waals surface area contributed by atoms with Crippen LogP contribution in [-0.2, 0) is 12.3 Å². The third-order valence-electron chi connectivity index (χ3n) is 5.17. The molecule has 1 aliphatic rings. The highest BCUT2D eigenvalue weighted by Crippen LogP contribution is 2.34. The Morgan fingerprint density at radius 2 is 1.78 bits per heavy atom. The average molecular weight is 455 g/mol. The Hall–Kier alpha value is -1.17. The van der Waals surface area contributed by atoms with Crippen molar-refractivity contribution in [3.05, 3.63) is 53.3 Å². The van der Waals surface area contributed by atoms with Gasteiger partial charge >= 0.3 is 5.95 Å². The molecular formula is C21H29BrClN3O. The molecule has 2 heterocycles. The molecule has 27 heavy (non-hydrogen) atoms. The van der Waals surface area contributed by atoms with Gasteiger partial charge in [-0.2, -0.15) is 0 Å². The molecule has 0 amide bonds. The summed E-state index contributed by atoms with van der Waals surface area (Å²) in [5.41, 5.74) is -0.218. The number of halogens is 2. The Morgan fingerprint density at radius 1 is 1.11 bits per heavy atom. The lowest BCUT2D eigenvalue weighted by Crippen LogP contribution is -3.00. The summed E-state index contributed by atoms with van der Waals surface area (Å²) in [5.74, 6) is 0.830. The zero-order chi connectivity index (χ0) is 18.4. The molecule has 0 aliphatic carbocycles. The lowest BCUT2D eigenvalue weighted by molar-refractivity contribution is -0.685. The van der Waals surface area contributed by atoms with Gasteiger partial charge in [0.25, 0.3) is 0 Å². The van der Waals surface area contributed by atoms with Gasteiger partial charge in [0.2, 0.25) is 5.72 Å². The van der Waals surface area contributed by atoms with Crippen LogP contribution in [0.4, 0.5) is 5.95 Å². The van der Waals surface area contributed by atoms with Crippen LogP contribution in [-0.4, -0.2) is 16.6 Å². The van der Waals surface area contributed by atoms with Crippen LogP contribution in [0.25, 0.3) is 0 Å². The molecular weight excluding hydrogens is 426 g/mol. The zero-order valence-electron chi connectivity index (χ0n) is 16.0. The van der Waals surface area contributed by atoms with Crippen molar-refractivity contribution in [3.63, 3.8) is 0 Å². The topological polar surface area (TPSA) is 40.2 Å². The summed E-state index contributed by atoms with van der Waals surface area (Å²) in [6.07, 6.45) is 12.5. The van der Waals surface area contributed by atoms with E-state index in [1.165, 1.54) is 38.5 Å². The molecule has 0 fully saturated rings. The van der Waals surface area contributed by atoms with Gasteiger partial charge in [-0.05, 0) is 18.6 Å². The molecule has 0 saturated heterocycles. The Morgan fingerprint density at radius 3 is 2.48 bits per heavy atom. The summed E-state index contributed by atoms with van der Waals surface area (Å²) in [5, 5.41) is 12.2. The van der Waals surface area contributed by atoms with Crippen LogP contribution in [0.15, 0.2) is 42.7 Å². The van der Waals surface area contributed by atoms with Crippen LogP contribution in [0.5, 0.6) is 0 Å². The number of anilines is 1. The number of fused-ring (bicyclic) bond motifs is 1. The minimum Gasteiger partial charge on any atom is -1.00 e. The third kappa shape index (κ3) is 5.21. The first-order chi connectivity index (χ1) is 12.6. The van der Waals surface area contributed by atoms with Gasteiger partial charge in [-0.1, -0.05) is 74.2 Å². The van der Waals surface area contributed by atoms with E-state index in [4.69, 9.17) is 11.6 Å². The SMILES string of the molecule is CCCCCCCCCN1c2nccc[n+]2C[C@@]1(O)c1ccc(Cl)cc1.[Br-]. The minimum atomic E-state index is -1.08. The highest BCUT2D eigenvalue weighted by molar-refractivity contribution is 6.30. The number of unbranched alkanes of at least 4 members (excludes halogenated alkanes) is 6. The van der Waals surface area contributed by atoms with Gasteiger partial charge in [0.15, 0.2) is 0 Å². The van der Waals surface area contributed by atoms with Gasteiger partial charge in [-0.3, -0.25) is 0 Å². The largest absolute Gasteiger partial charge is 1.00 e. The Labute approximate surface area is 178 Å². The summed E-state index contributed by atoms with van der Waals surface area (Å²) in [7, 11) is 0. The lowest BCUT2D eigenvalue weighted by Gasteiger charge is -2.28. The van der Waals surface area contributed by atoms with Crippen LogP contribution >= 0.6 is 11.6 Å². The molecule has 4 nitrogen and oxygen atoms in total. The van der Waals surface area contributed by atoms with E-state index >= 15 is 0 Å². The Balaban J connectivity index is 0.00000261.